The number of hydrogen-bond acceptors (Lipinski definition) is 3. The molecular weight excluding hydrogens is 361 g/mol. The van der Waals surface area contributed by atoms with Gasteiger partial charge in [0.15, 0.2) is 0 Å². The molecule has 1 aromatic heterocycles. The van der Waals surface area contributed by atoms with E-state index in [4.69, 9.17) is 32.7 Å². The molecule has 0 atom stereocenters. The first-order chi connectivity index (χ1) is 12.0. The lowest BCUT2D eigenvalue weighted by molar-refractivity contribution is 0.0959. The van der Waals surface area contributed by atoms with E-state index in [9.17, 15) is 4.79 Å². The van der Waals surface area contributed by atoms with Gasteiger partial charge in [-0.15, -0.1) is 0 Å². The van der Waals surface area contributed by atoms with Gasteiger partial charge in [-0.25, -0.2) is 0 Å². The molecule has 6 heteroatoms. The van der Waals surface area contributed by atoms with Crippen LogP contribution in [0.2, 0.25) is 10.0 Å². The molecule has 0 aliphatic carbocycles. The Balaban J connectivity index is 1.94. The Bertz CT molecular complexity index is 912. The van der Waals surface area contributed by atoms with E-state index in [0.29, 0.717) is 27.1 Å². The molecule has 0 amide bonds. The number of ether oxygens (including phenoxy) is 2. The lowest BCUT2D eigenvalue weighted by Crippen LogP contribution is -2.10. The molecular formula is C19H15Cl2NO3. The van der Waals surface area contributed by atoms with Gasteiger partial charge in [-0.1, -0.05) is 29.3 Å². The Hall–Kier alpha value is -2.43. The minimum absolute atomic E-state index is 0.191. The van der Waals surface area contributed by atoms with Gasteiger partial charge in [0.05, 0.1) is 24.3 Å². The fourth-order valence-electron chi connectivity index (χ4n) is 2.45. The predicted octanol–water partition coefficient (Wildman–Crippen LogP) is 5.17. The van der Waals surface area contributed by atoms with Crippen molar-refractivity contribution in [2.45, 2.75) is 0 Å². The average Bonchev–Trinajstić information content (AvgIpc) is 3.12. The lowest BCUT2D eigenvalue weighted by atomic mass is 10.1. The zero-order valence-electron chi connectivity index (χ0n) is 13.6. The van der Waals surface area contributed by atoms with Crippen molar-refractivity contribution in [2.75, 3.05) is 14.2 Å². The second-order valence-electron chi connectivity index (χ2n) is 5.34. The van der Waals surface area contributed by atoms with Crippen molar-refractivity contribution in [1.82, 2.24) is 4.57 Å². The highest BCUT2D eigenvalue weighted by Crippen LogP contribution is 2.29. The van der Waals surface area contributed by atoms with Gasteiger partial charge in [-0.3, -0.25) is 9.36 Å². The van der Waals surface area contributed by atoms with Crippen molar-refractivity contribution in [3.05, 3.63) is 70.5 Å². The molecule has 2 aromatic carbocycles. The number of nitrogens with zero attached hydrogens (tertiary/aromatic N) is 1. The van der Waals surface area contributed by atoms with Gasteiger partial charge in [0.2, 0.25) is 0 Å². The first-order valence-electron chi connectivity index (χ1n) is 7.43. The van der Waals surface area contributed by atoms with Crippen LogP contribution in [0.3, 0.4) is 0 Å². The lowest BCUT2D eigenvalue weighted by Gasteiger charge is -2.08. The second-order valence-corrected chi connectivity index (χ2v) is 6.16. The molecule has 3 aromatic rings. The van der Waals surface area contributed by atoms with Crippen LogP contribution in [0.5, 0.6) is 11.5 Å². The van der Waals surface area contributed by atoms with Crippen molar-refractivity contribution >= 4 is 29.1 Å². The van der Waals surface area contributed by atoms with E-state index in [0.717, 1.165) is 11.1 Å². The number of carbonyl (C=O) groups excluding carboxylic acids is 1. The number of carbonyl (C=O) groups is 1. The van der Waals surface area contributed by atoms with Crippen LogP contribution in [0.4, 0.5) is 0 Å². The third kappa shape index (κ3) is 3.65. The second kappa shape index (κ2) is 7.21. The molecule has 0 spiro atoms. The van der Waals surface area contributed by atoms with Gasteiger partial charge in [-0.2, -0.15) is 0 Å². The van der Waals surface area contributed by atoms with Crippen LogP contribution in [0.15, 0.2) is 54.9 Å². The fourth-order valence-corrected chi connectivity index (χ4v) is 2.75. The Morgan fingerprint density at radius 2 is 1.56 bits per heavy atom. The van der Waals surface area contributed by atoms with Crippen molar-refractivity contribution < 1.29 is 14.3 Å². The molecule has 0 saturated carbocycles. The van der Waals surface area contributed by atoms with Crippen LogP contribution in [0, 0.1) is 0 Å². The summed E-state index contributed by atoms with van der Waals surface area (Å²) in [5.41, 5.74) is 2.21. The van der Waals surface area contributed by atoms with Crippen LogP contribution >= 0.6 is 23.2 Å². The van der Waals surface area contributed by atoms with Gasteiger partial charge < -0.3 is 9.47 Å². The van der Waals surface area contributed by atoms with E-state index in [1.807, 2.05) is 12.1 Å². The van der Waals surface area contributed by atoms with Crippen molar-refractivity contribution in [1.29, 1.82) is 0 Å². The zero-order valence-corrected chi connectivity index (χ0v) is 15.1. The van der Waals surface area contributed by atoms with Crippen LogP contribution in [-0.2, 0) is 0 Å². The summed E-state index contributed by atoms with van der Waals surface area (Å²) in [6, 6.07) is 12.2. The Labute approximate surface area is 155 Å². The number of aromatic nitrogens is 1. The van der Waals surface area contributed by atoms with E-state index >= 15 is 0 Å². The van der Waals surface area contributed by atoms with Crippen molar-refractivity contribution in [2.24, 2.45) is 0 Å². The van der Waals surface area contributed by atoms with Crippen molar-refractivity contribution in [3.8, 4) is 22.6 Å². The molecule has 0 N–H and O–H groups in total. The topological polar surface area (TPSA) is 40.5 Å². The van der Waals surface area contributed by atoms with E-state index < -0.39 is 0 Å². The van der Waals surface area contributed by atoms with Crippen LogP contribution in [0.25, 0.3) is 11.1 Å². The third-order valence-electron chi connectivity index (χ3n) is 3.78. The smallest absolute Gasteiger partial charge is 0.262 e. The van der Waals surface area contributed by atoms with Gasteiger partial charge in [-0.05, 0) is 41.5 Å². The molecule has 25 heavy (non-hydrogen) atoms. The maximum absolute atomic E-state index is 12.8. The van der Waals surface area contributed by atoms with Crippen LogP contribution < -0.4 is 9.47 Å². The highest BCUT2D eigenvalue weighted by atomic mass is 35.5. The molecule has 0 aliphatic heterocycles. The maximum Gasteiger partial charge on any atom is 0.262 e. The molecule has 1 heterocycles. The quantitative estimate of drug-likeness (QED) is 0.631. The monoisotopic (exact) mass is 375 g/mol. The summed E-state index contributed by atoms with van der Waals surface area (Å²) in [6.07, 6.45) is 3.44. The third-order valence-corrected chi connectivity index (χ3v) is 4.52. The SMILES string of the molecule is COc1cc(OC)cc(C(=O)n2ccc(-c3ccc(Cl)c(Cl)c3)c2)c1. The number of rotatable bonds is 4. The Morgan fingerprint density at radius 1 is 0.880 bits per heavy atom. The van der Waals surface area contributed by atoms with Crippen LogP contribution in [-0.4, -0.2) is 24.7 Å². The first-order valence-corrected chi connectivity index (χ1v) is 8.18. The van der Waals surface area contributed by atoms with E-state index in [1.54, 1.807) is 56.9 Å². The van der Waals surface area contributed by atoms with Gasteiger partial charge in [0.1, 0.15) is 11.5 Å². The van der Waals surface area contributed by atoms with E-state index in [-0.39, 0.29) is 5.91 Å². The number of methoxy groups -OCH3 is 2. The summed E-state index contributed by atoms with van der Waals surface area (Å²) in [5, 5.41) is 0.958. The van der Waals surface area contributed by atoms with Crippen LogP contribution in [0.1, 0.15) is 10.4 Å². The Kier molecular flexibility index (Phi) is 5.02. The largest absolute Gasteiger partial charge is 0.497 e. The Morgan fingerprint density at radius 3 is 2.16 bits per heavy atom. The molecule has 0 aliphatic rings. The fraction of sp³-hybridized carbons (Fsp3) is 0.105. The molecule has 0 radical (unpaired) electrons. The van der Waals surface area contributed by atoms with Crippen molar-refractivity contribution in [3.63, 3.8) is 0 Å². The summed E-state index contributed by atoms with van der Waals surface area (Å²) >= 11 is 12.0. The summed E-state index contributed by atoms with van der Waals surface area (Å²) in [6.45, 7) is 0. The molecule has 0 unspecified atom stereocenters. The summed E-state index contributed by atoms with van der Waals surface area (Å²) in [7, 11) is 3.09. The van der Waals surface area contributed by atoms with E-state index in [1.165, 1.54) is 4.57 Å². The van der Waals surface area contributed by atoms with Gasteiger partial charge >= 0.3 is 0 Å². The summed E-state index contributed by atoms with van der Waals surface area (Å²) < 4.78 is 11.9. The summed E-state index contributed by atoms with van der Waals surface area (Å²) in [4.78, 5) is 12.8. The molecule has 0 saturated heterocycles. The highest BCUT2D eigenvalue weighted by molar-refractivity contribution is 6.42. The average molecular weight is 376 g/mol. The molecule has 0 bridgehead atoms. The van der Waals surface area contributed by atoms with Gasteiger partial charge in [0, 0.05) is 24.0 Å². The first kappa shape index (κ1) is 17.4. The van der Waals surface area contributed by atoms with E-state index in [2.05, 4.69) is 0 Å². The molecule has 128 valence electrons. The number of hydrogen-bond donors (Lipinski definition) is 0. The minimum Gasteiger partial charge on any atom is -0.497 e. The number of halogens is 2. The predicted molar refractivity (Wildman–Crippen MR) is 99.2 cm³/mol. The standard InChI is InChI=1S/C19H15Cl2NO3/c1-24-15-7-14(8-16(10-15)25-2)19(23)22-6-5-13(11-22)12-3-4-17(20)18(21)9-12/h3-11H,1-2H3. The molecule has 4 nitrogen and oxygen atoms in total. The highest BCUT2D eigenvalue weighted by Gasteiger charge is 2.13. The zero-order chi connectivity index (χ0) is 18.0. The molecule has 0 fully saturated rings. The molecule has 3 rings (SSSR count). The normalized spacial score (nSPS) is 10.6. The summed E-state index contributed by atoms with van der Waals surface area (Å²) in [5.74, 6) is 0.919. The number of benzene rings is 2. The van der Waals surface area contributed by atoms with Gasteiger partial charge in [0.25, 0.3) is 5.91 Å². The maximum atomic E-state index is 12.8. The minimum atomic E-state index is -0.191.